The minimum atomic E-state index is -0.126. The third-order valence-corrected chi connectivity index (χ3v) is 2.23. The molecule has 0 bridgehead atoms. The van der Waals surface area contributed by atoms with Gasteiger partial charge in [0.25, 0.3) is 0 Å². The predicted molar refractivity (Wildman–Crippen MR) is 41.8 cm³/mol. The van der Waals surface area contributed by atoms with Gasteiger partial charge in [0.1, 0.15) is 5.82 Å². The van der Waals surface area contributed by atoms with Crippen LogP contribution in [0.25, 0.3) is 10.8 Å². The predicted octanol–water partition coefficient (Wildman–Crippen LogP) is 3.04. The van der Waals surface area contributed by atoms with Crippen molar-refractivity contribution >= 4 is 22.1 Å². The van der Waals surface area contributed by atoms with Crippen molar-refractivity contribution in [1.29, 1.82) is 0 Å². The fourth-order valence-electron chi connectivity index (χ4n) is 0.956. The Kier molecular flexibility index (Phi) is 1.21. The fourth-order valence-corrected chi connectivity index (χ4v) is 1.76. The maximum atomic E-state index is 12.8. The summed E-state index contributed by atoms with van der Waals surface area (Å²) in [5, 5.41) is 5.49. The lowest BCUT2D eigenvalue weighted by molar-refractivity contribution is 0.640. The molecule has 0 saturated carbocycles. The highest BCUT2D eigenvalue weighted by atomic mass is 32.1. The average molecular weight is 152 g/mol. The van der Waals surface area contributed by atoms with E-state index >= 15 is 0 Å². The third kappa shape index (κ3) is 0.727. The van der Waals surface area contributed by atoms with E-state index in [1.165, 1.54) is 17.4 Å². The minimum absolute atomic E-state index is 0.126. The highest BCUT2D eigenvalue weighted by Gasteiger charge is 1.97. The summed E-state index contributed by atoms with van der Waals surface area (Å²) in [4.78, 5) is 0. The lowest BCUT2D eigenvalue weighted by Crippen LogP contribution is -1.70. The van der Waals surface area contributed by atoms with Crippen LogP contribution < -0.4 is 0 Å². The molecule has 0 unspecified atom stereocenters. The van der Waals surface area contributed by atoms with Crippen LogP contribution in [0, 0.1) is 5.82 Å². The molecule has 2 heteroatoms. The third-order valence-electron chi connectivity index (χ3n) is 1.47. The standard InChI is InChI=1S/C8H5FS/c9-8-3-1-2-6-4-10-5-7(6)8/h1-5H. The van der Waals surface area contributed by atoms with Gasteiger partial charge in [0.05, 0.1) is 0 Å². The number of hydrogen-bond acceptors (Lipinski definition) is 1. The Morgan fingerprint density at radius 2 is 2.10 bits per heavy atom. The Morgan fingerprint density at radius 1 is 1.20 bits per heavy atom. The van der Waals surface area contributed by atoms with Gasteiger partial charge in [0, 0.05) is 10.8 Å². The van der Waals surface area contributed by atoms with E-state index < -0.39 is 0 Å². The van der Waals surface area contributed by atoms with Gasteiger partial charge in [-0.25, -0.2) is 4.39 Å². The Hall–Kier alpha value is -0.890. The summed E-state index contributed by atoms with van der Waals surface area (Å²) in [6.45, 7) is 0. The van der Waals surface area contributed by atoms with Crippen LogP contribution in [-0.4, -0.2) is 0 Å². The molecule has 1 aromatic heterocycles. The fraction of sp³-hybridized carbons (Fsp3) is 0. The van der Waals surface area contributed by atoms with Crippen molar-refractivity contribution in [2.75, 3.05) is 0 Å². The van der Waals surface area contributed by atoms with Crippen LogP contribution in [0.5, 0.6) is 0 Å². The summed E-state index contributed by atoms with van der Waals surface area (Å²) in [5.41, 5.74) is 0. The van der Waals surface area contributed by atoms with Gasteiger partial charge >= 0.3 is 0 Å². The number of fused-ring (bicyclic) bond motifs is 1. The molecule has 0 spiro atoms. The van der Waals surface area contributed by atoms with Crippen molar-refractivity contribution in [2.24, 2.45) is 0 Å². The van der Waals surface area contributed by atoms with Crippen LogP contribution in [0.2, 0.25) is 0 Å². The Bertz CT molecular complexity index is 351. The van der Waals surface area contributed by atoms with Gasteiger partial charge in [0.2, 0.25) is 0 Å². The highest BCUT2D eigenvalue weighted by molar-refractivity contribution is 7.09. The number of halogens is 1. The first-order chi connectivity index (χ1) is 4.88. The van der Waals surface area contributed by atoms with Crippen LogP contribution in [0.4, 0.5) is 4.39 Å². The summed E-state index contributed by atoms with van der Waals surface area (Å²) in [6.07, 6.45) is 0. The molecule has 0 saturated heterocycles. The molecule has 1 aromatic carbocycles. The van der Waals surface area contributed by atoms with E-state index in [-0.39, 0.29) is 5.82 Å². The number of benzene rings is 1. The molecule has 0 N–H and O–H groups in total. The molecule has 0 fully saturated rings. The molecule has 1 heterocycles. The van der Waals surface area contributed by atoms with Gasteiger partial charge in [-0.1, -0.05) is 12.1 Å². The zero-order valence-corrected chi connectivity index (χ0v) is 5.99. The molecule has 0 radical (unpaired) electrons. The van der Waals surface area contributed by atoms with Crippen molar-refractivity contribution in [1.82, 2.24) is 0 Å². The van der Waals surface area contributed by atoms with Crippen molar-refractivity contribution in [3.05, 3.63) is 34.8 Å². The van der Waals surface area contributed by atoms with Gasteiger partial charge < -0.3 is 0 Å². The molecule has 0 aliphatic rings. The molecular weight excluding hydrogens is 147 g/mol. The van der Waals surface area contributed by atoms with Crippen LogP contribution in [0.15, 0.2) is 29.0 Å². The second kappa shape index (κ2) is 2.06. The van der Waals surface area contributed by atoms with E-state index in [1.54, 1.807) is 6.07 Å². The average Bonchev–Trinajstić information content (AvgIpc) is 2.36. The molecule has 0 nitrogen and oxygen atoms in total. The van der Waals surface area contributed by atoms with Gasteiger partial charge in [-0.2, -0.15) is 11.3 Å². The number of hydrogen-bond donors (Lipinski definition) is 0. The molecule has 50 valence electrons. The van der Waals surface area contributed by atoms with Gasteiger partial charge in [-0.3, -0.25) is 0 Å². The van der Waals surface area contributed by atoms with E-state index in [4.69, 9.17) is 0 Å². The van der Waals surface area contributed by atoms with Crippen molar-refractivity contribution in [2.45, 2.75) is 0 Å². The first kappa shape index (κ1) is 5.86. The monoisotopic (exact) mass is 152 g/mol. The lowest BCUT2D eigenvalue weighted by atomic mass is 10.2. The second-order valence-corrected chi connectivity index (χ2v) is 2.86. The number of thiophene rings is 1. The quantitative estimate of drug-likeness (QED) is 0.544. The molecule has 0 atom stereocenters. The minimum Gasteiger partial charge on any atom is -0.206 e. The summed E-state index contributed by atoms with van der Waals surface area (Å²) >= 11 is 1.53. The largest absolute Gasteiger partial charge is 0.206 e. The van der Waals surface area contributed by atoms with Crippen molar-refractivity contribution in [3.8, 4) is 0 Å². The molecule has 10 heavy (non-hydrogen) atoms. The highest BCUT2D eigenvalue weighted by Crippen LogP contribution is 2.20. The SMILES string of the molecule is Fc1cccc2cscc12. The molecule has 2 aromatic rings. The van der Waals surface area contributed by atoms with Crippen LogP contribution in [0.1, 0.15) is 0 Å². The number of rotatable bonds is 0. The van der Waals surface area contributed by atoms with E-state index in [0.29, 0.717) is 0 Å². The summed E-state index contributed by atoms with van der Waals surface area (Å²) in [6, 6.07) is 5.12. The van der Waals surface area contributed by atoms with Gasteiger partial charge in [-0.05, 0) is 16.8 Å². The second-order valence-electron chi connectivity index (χ2n) is 2.11. The molecule has 2 rings (SSSR count). The summed E-state index contributed by atoms with van der Waals surface area (Å²) in [7, 11) is 0. The van der Waals surface area contributed by atoms with E-state index in [0.717, 1.165) is 10.8 Å². The first-order valence-corrected chi connectivity index (χ1v) is 3.92. The van der Waals surface area contributed by atoms with Crippen LogP contribution in [-0.2, 0) is 0 Å². The molecular formula is C8H5FS. The first-order valence-electron chi connectivity index (χ1n) is 2.98. The lowest BCUT2D eigenvalue weighted by Gasteiger charge is -1.88. The van der Waals surface area contributed by atoms with Crippen LogP contribution >= 0.6 is 11.3 Å². The van der Waals surface area contributed by atoms with Crippen molar-refractivity contribution < 1.29 is 4.39 Å². The Balaban J connectivity index is 2.95. The van der Waals surface area contributed by atoms with E-state index in [2.05, 4.69) is 0 Å². The zero-order valence-electron chi connectivity index (χ0n) is 5.17. The molecule has 0 aliphatic carbocycles. The topological polar surface area (TPSA) is 0 Å². The Labute approximate surface area is 61.9 Å². The van der Waals surface area contributed by atoms with E-state index in [9.17, 15) is 4.39 Å². The molecule has 0 amide bonds. The van der Waals surface area contributed by atoms with Crippen molar-refractivity contribution in [3.63, 3.8) is 0 Å². The van der Waals surface area contributed by atoms with Gasteiger partial charge in [-0.15, -0.1) is 0 Å². The van der Waals surface area contributed by atoms with Crippen LogP contribution in [0.3, 0.4) is 0 Å². The smallest absolute Gasteiger partial charge is 0.131 e. The van der Waals surface area contributed by atoms with Gasteiger partial charge in [0.15, 0.2) is 0 Å². The zero-order chi connectivity index (χ0) is 6.97. The summed E-state index contributed by atoms with van der Waals surface area (Å²) in [5.74, 6) is -0.126. The maximum absolute atomic E-state index is 12.8. The van der Waals surface area contributed by atoms with E-state index in [1.807, 2.05) is 16.8 Å². The maximum Gasteiger partial charge on any atom is 0.131 e. The summed E-state index contributed by atoms with van der Waals surface area (Å²) < 4.78 is 12.8. The molecule has 0 aliphatic heterocycles. The normalized spacial score (nSPS) is 10.5. The Morgan fingerprint density at radius 3 is 2.90 bits per heavy atom.